The number of fused-ring (bicyclic) bond motifs is 1. The Bertz CT molecular complexity index is 626. The van der Waals surface area contributed by atoms with E-state index in [-0.39, 0.29) is 24.1 Å². The number of nitrogens with zero attached hydrogens (tertiary/aromatic N) is 1. The summed E-state index contributed by atoms with van der Waals surface area (Å²) in [5.41, 5.74) is 6.43. The van der Waals surface area contributed by atoms with Crippen molar-refractivity contribution in [3.05, 3.63) is 40.5 Å². The minimum absolute atomic E-state index is 0.123. The maximum absolute atomic E-state index is 13.3. The van der Waals surface area contributed by atoms with Gasteiger partial charge in [-0.3, -0.25) is 4.79 Å². The van der Waals surface area contributed by atoms with Crippen molar-refractivity contribution in [2.75, 3.05) is 11.1 Å². The number of hydrogen-bond acceptors (Lipinski definition) is 4. The molecule has 2 heterocycles. The molecule has 0 spiro atoms. The Morgan fingerprint density at radius 1 is 1.50 bits per heavy atom. The summed E-state index contributed by atoms with van der Waals surface area (Å²) in [6.07, 6.45) is 0.290. The summed E-state index contributed by atoms with van der Waals surface area (Å²) in [6, 6.07) is 6.28. The van der Waals surface area contributed by atoms with Gasteiger partial charge in [0.2, 0.25) is 5.91 Å². The molecule has 1 amide bonds. The number of halogens is 1. The molecule has 0 saturated carbocycles. The standard InChI is InChI=1S/C12H10FN3OS/c13-7-3-1-2-6(4-7)8-5-9(17)15-11-10(8)18-12(14)16-11/h1-4,8H,5H2,(H2,14,16)(H,15,17)/t8-/m1/s1. The smallest absolute Gasteiger partial charge is 0.226 e. The summed E-state index contributed by atoms with van der Waals surface area (Å²) in [6.45, 7) is 0. The maximum Gasteiger partial charge on any atom is 0.226 e. The molecular formula is C12H10FN3OS. The van der Waals surface area contributed by atoms with E-state index in [1.54, 1.807) is 6.07 Å². The zero-order valence-corrected chi connectivity index (χ0v) is 10.1. The summed E-state index contributed by atoms with van der Waals surface area (Å²) in [5.74, 6) is -0.0955. The molecule has 3 rings (SSSR count). The summed E-state index contributed by atoms with van der Waals surface area (Å²) in [4.78, 5) is 16.6. The quantitative estimate of drug-likeness (QED) is 0.829. The number of hydrogen-bond donors (Lipinski definition) is 2. The second-order valence-corrected chi connectivity index (χ2v) is 5.19. The van der Waals surface area contributed by atoms with Gasteiger partial charge in [0.25, 0.3) is 0 Å². The summed E-state index contributed by atoms with van der Waals surface area (Å²) < 4.78 is 13.3. The third kappa shape index (κ3) is 1.84. The van der Waals surface area contributed by atoms with Gasteiger partial charge in [0, 0.05) is 12.3 Å². The second-order valence-electron chi connectivity index (χ2n) is 4.12. The van der Waals surface area contributed by atoms with Gasteiger partial charge < -0.3 is 11.1 Å². The molecule has 0 radical (unpaired) electrons. The number of anilines is 2. The zero-order valence-electron chi connectivity index (χ0n) is 9.31. The van der Waals surface area contributed by atoms with Crippen LogP contribution >= 0.6 is 11.3 Å². The van der Waals surface area contributed by atoms with Crippen LogP contribution in [0.1, 0.15) is 22.8 Å². The number of aromatic nitrogens is 1. The predicted molar refractivity (Wildman–Crippen MR) is 68.0 cm³/mol. The number of nitrogens with two attached hydrogens (primary N) is 1. The van der Waals surface area contributed by atoms with E-state index in [4.69, 9.17) is 5.73 Å². The molecule has 92 valence electrons. The topological polar surface area (TPSA) is 68.0 Å². The predicted octanol–water partition coefficient (Wildman–Crippen LogP) is 2.34. The number of rotatable bonds is 1. The minimum atomic E-state index is -0.308. The van der Waals surface area contributed by atoms with Crippen LogP contribution in [-0.4, -0.2) is 10.9 Å². The molecule has 1 atom stereocenters. The number of nitrogens with one attached hydrogen (secondary N) is 1. The van der Waals surface area contributed by atoms with E-state index >= 15 is 0 Å². The van der Waals surface area contributed by atoms with Crippen molar-refractivity contribution >= 4 is 28.2 Å². The number of thiazole rings is 1. The van der Waals surface area contributed by atoms with E-state index in [0.717, 1.165) is 10.4 Å². The van der Waals surface area contributed by atoms with Gasteiger partial charge in [0.05, 0.1) is 4.88 Å². The Hall–Kier alpha value is -1.95. The van der Waals surface area contributed by atoms with Gasteiger partial charge in [0.15, 0.2) is 5.13 Å². The van der Waals surface area contributed by atoms with Crippen LogP contribution in [0.3, 0.4) is 0 Å². The van der Waals surface area contributed by atoms with Crippen LogP contribution in [0.5, 0.6) is 0 Å². The summed E-state index contributed by atoms with van der Waals surface area (Å²) >= 11 is 1.33. The summed E-state index contributed by atoms with van der Waals surface area (Å²) in [5, 5.41) is 3.09. The highest BCUT2D eigenvalue weighted by Crippen LogP contribution is 2.41. The molecule has 2 aromatic rings. The SMILES string of the molecule is Nc1nc2c(s1)[C@@H](c1cccc(F)c1)CC(=O)N2. The first-order valence-corrected chi connectivity index (χ1v) is 6.26. The number of nitrogen functional groups attached to an aromatic ring is 1. The molecule has 3 N–H and O–H groups in total. The summed E-state index contributed by atoms with van der Waals surface area (Å²) in [7, 11) is 0. The van der Waals surface area contributed by atoms with Crippen molar-refractivity contribution in [3.8, 4) is 0 Å². The van der Waals surface area contributed by atoms with Crippen molar-refractivity contribution in [2.45, 2.75) is 12.3 Å². The van der Waals surface area contributed by atoms with E-state index in [1.807, 2.05) is 6.07 Å². The van der Waals surface area contributed by atoms with E-state index in [2.05, 4.69) is 10.3 Å². The molecule has 0 unspecified atom stereocenters. The molecule has 1 aromatic heterocycles. The first kappa shape index (κ1) is 11.2. The fourth-order valence-electron chi connectivity index (χ4n) is 2.13. The monoisotopic (exact) mass is 263 g/mol. The molecule has 18 heavy (non-hydrogen) atoms. The number of carbonyl (C=O) groups is 1. The van der Waals surface area contributed by atoms with Crippen LogP contribution in [0.4, 0.5) is 15.3 Å². The molecule has 1 aliphatic rings. The highest BCUT2D eigenvalue weighted by molar-refractivity contribution is 7.16. The molecule has 0 aliphatic carbocycles. The first-order chi connectivity index (χ1) is 8.63. The van der Waals surface area contributed by atoms with Crippen LogP contribution in [0.2, 0.25) is 0 Å². The fourth-order valence-corrected chi connectivity index (χ4v) is 3.05. The van der Waals surface area contributed by atoms with Crippen LogP contribution < -0.4 is 11.1 Å². The van der Waals surface area contributed by atoms with Gasteiger partial charge in [0.1, 0.15) is 11.6 Å². The molecule has 6 heteroatoms. The molecule has 0 bridgehead atoms. The Morgan fingerprint density at radius 2 is 2.33 bits per heavy atom. The largest absolute Gasteiger partial charge is 0.375 e. The third-order valence-corrected chi connectivity index (χ3v) is 3.88. The average Bonchev–Trinajstić information content (AvgIpc) is 2.68. The molecule has 4 nitrogen and oxygen atoms in total. The molecule has 1 aromatic carbocycles. The lowest BCUT2D eigenvalue weighted by Gasteiger charge is -2.21. The number of carbonyl (C=O) groups excluding carboxylic acids is 1. The van der Waals surface area contributed by atoms with Gasteiger partial charge in [-0.15, -0.1) is 0 Å². The first-order valence-electron chi connectivity index (χ1n) is 5.45. The van der Waals surface area contributed by atoms with Gasteiger partial charge in [-0.1, -0.05) is 23.5 Å². The van der Waals surface area contributed by atoms with Crippen LogP contribution in [0.25, 0.3) is 0 Å². The van der Waals surface area contributed by atoms with Gasteiger partial charge in [-0.25, -0.2) is 9.37 Å². The van der Waals surface area contributed by atoms with Crippen LogP contribution in [0.15, 0.2) is 24.3 Å². The van der Waals surface area contributed by atoms with Crippen molar-refractivity contribution in [1.82, 2.24) is 4.98 Å². The molecule has 1 aliphatic heterocycles. The minimum Gasteiger partial charge on any atom is -0.375 e. The van der Waals surface area contributed by atoms with Crippen LogP contribution in [0, 0.1) is 5.82 Å². The lowest BCUT2D eigenvalue weighted by atomic mass is 9.91. The average molecular weight is 263 g/mol. The maximum atomic E-state index is 13.3. The van der Waals surface area contributed by atoms with E-state index < -0.39 is 0 Å². The second kappa shape index (κ2) is 4.06. The highest BCUT2D eigenvalue weighted by atomic mass is 32.1. The van der Waals surface area contributed by atoms with Crippen molar-refractivity contribution in [2.24, 2.45) is 0 Å². The highest BCUT2D eigenvalue weighted by Gasteiger charge is 2.30. The molecule has 0 saturated heterocycles. The van der Waals surface area contributed by atoms with Crippen molar-refractivity contribution < 1.29 is 9.18 Å². The van der Waals surface area contributed by atoms with Gasteiger partial charge in [-0.05, 0) is 17.7 Å². The Morgan fingerprint density at radius 3 is 3.11 bits per heavy atom. The van der Waals surface area contributed by atoms with Crippen molar-refractivity contribution in [3.63, 3.8) is 0 Å². The van der Waals surface area contributed by atoms with E-state index in [9.17, 15) is 9.18 Å². The number of amides is 1. The van der Waals surface area contributed by atoms with E-state index in [0.29, 0.717) is 10.9 Å². The van der Waals surface area contributed by atoms with Crippen molar-refractivity contribution in [1.29, 1.82) is 0 Å². The van der Waals surface area contributed by atoms with E-state index in [1.165, 1.54) is 23.5 Å². The Balaban J connectivity index is 2.09. The number of benzene rings is 1. The third-order valence-electron chi connectivity index (χ3n) is 2.88. The van der Waals surface area contributed by atoms with Crippen LogP contribution in [-0.2, 0) is 4.79 Å². The van der Waals surface area contributed by atoms with Gasteiger partial charge >= 0.3 is 0 Å². The van der Waals surface area contributed by atoms with Gasteiger partial charge in [-0.2, -0.15) is 0 Å². The Kier molecular flexibility index (Phi) is 2.52. The lowest BCUT2D eigenvalue weighted by Crippen LogP contribution is -2.22. The lowest BCUT2D eigenvalue weighted by molar-refractivity contribution is -0.116. The molecule has 0 fully saturated rings. The normalized spacial score (nSPS) is 18.3. The zero-order chi connectivity index (χ0) is 12.7. The fraction of sp³-hybridized carbons (Fsp3) is 0.167. The molecular weight excluding hydrogens is 253 g/mol. The Labute approximate surface area is 107 Å².